The van der Waals surface area contributed by atoms with Gasteiger partial charge in [-0.1, -0.05) is 51.1 Å². The van der Waals surface area contributed by atoms with Crippen molar-refractivity contribution in [1.82, 2.24) is 5.32 Å². The van der Waals surface area contributed by atoms with Gasteiger partial charge in [0.2, 0.25) is 0 Å². The Bertz CT molecular complexity index is 310. The van der Waals surface area contributed by atoms with E-state index in [4.69, 9.17) is 4.74 Å². The number of methoxy groups -OCH3 is 1. The summed E-state index contributed by atoms with van der Waals surface area (Å²) < 4.78 is 5.20. The molecule has 0 aliphatic rings. The second-order valence-electron chi connectivity index (χ2n) is 5.34. The molecule has 0 radical (unpaired) electrons. The second kappa shape index (κ2) is 8.28. The van der Waals surface area contributed by atoms with E-state index in [1.54, 1.807) is 7.11 Å². The van der Waals surface area contributed by atoms with E-state index in [2.05, 4.69) is 56.4 Å². The van der Waals surface area contributed by atoms with E-state index < -0.39 is 0 Å². The molecule has 0 saturated carbocycles. The van der Waals surface area contributed by atoms with Crippen molar-refractivity contribution in [1.29, 1.82) is 0 Å². The molecule has 1 aromatic carbocycles. The number of rotatable bonds is 8. The van der Waals surface area contributed by atoms with Crippen molar-refractivity contribution >= 4 is 0 Å². The normalized spacial score (nSPS) is 14.7. The third-order valence-corrected chi connectivity index (χ3v) is 3.44. The van der Waals surface area contributed by atoms with Gasteiger partial charge in [-0.3, -0.25) is 0 Å². The molecule has 0 aromatic heterocycles. The number of benzene rings is 1. The van der Waals surface area contributed by atoms with Gasteiger partial charge in [-0.25, -0.2) is 0 Å². The van der Waals surface area contributed by atoms with Gasteiger partial charge in [0, 0.05) is 26.3 Å². The minimum atomic E-state index is 0.533. The zero-order valence-electron chi connectivity index (χ0n) is 12.1. The van der Waals surface area contributed by atoms with E-state index in [1.165, 1.54) is 5.56 Å². The molecule has 2 heteroatoms. The zero-order valence-corrected chi connectivity index (χ0v) is 12.1. The Morgan fingerprint density at radius 3 is 2.33 bits per heavy atom. The zero-order chi connectivity index (χ0) is 13.4. The summed E-state index contributed by atoms with van der Waals surface area (Å²) in [6, 6.07) is 11.3. The Morgan fingerprint density at radius 2 is 1.78 bits per heavy atom. The number of hydrogen-bond donors (Lipinski definition) is 1. The lowest BCUT2D eigenvalue weighted by molar-refractivity contribution is 0.173. The molecule has 0 spiro atoms. The highest BCUT2D eigenvalue weighted by atomic mass is 16.5. The fourth-order valence-electron chi connectivity index (χ4n) is 2.22. The van der Waals surface area contributed by atoms with Crippen LogP contribution >= 0.6 is 0 Å². The third kappa shape index (κ3) is 5.19. The summed E-state index contributed by atoms with van der Waals surface area (Å²) in [6.07, 6.45) is 1.11. The molecular weight excluding hydrogens is 222 g/mol. The van der Waals surface area contributed by atoms with Gasteiger partial charge < -0.3 is 10.1 Å². The van der Waals surface area contributed by atoms with Crippen molar-refractivity contribution in [2.45, 2.75) is 39.2 Å². The Hall–Kier alpha value is -0.860. The predicted molar refractivity (Wildman–Crippen MR) is 78.0 cm³/mol. The van der Waals surface area contributed by atoms with E-state index in [0.717, 1.165) is 19.6 Å². The van der Waals surface area contributed by atoms with Gasteiger partial charge >= 0.3 is 0 Å². The van der Waals surface area contributed by atoms with Gasteiger partial charge in [-0.2, -0.15) is 0 Å². The van der Waals surface area contributed by atoms with E-state index in [9.17, 15) is 0 Å². The highest BCUT2D eigenvalue weighted by molar-refractivity contribution is 5.20. The Balaban J connectivity index is 2.68. The van der Waals surface area contributed by atoms with Crippen molar-refractivity contribution < 1.29 is 4.74 Å². The minimum absolute atomic E-state index is 0.533. The van der Waals surface area contributed by atoms with Crippen LogP contribution in [0.5, 0.6) is 0 Å². The van der Waals surface area contributed by atoms with E-state index in [0.29, 0.717) is 17.9 Å². The van der Waals surface area contributed by atoms with Crippen LogP contribution in [0.1, 0.15) is 38.7 Å². The maximum Gasteiger partial charge on any atom is 0.0465 e. The molecule has 18 heavy (non-hydrogen) atoms. The first kappa shape index (κ1) is 15.2. The van der Waals surface area contributed by atoms with Crippen LogP contribution in [0.4, 0.5) is 0 Å². The van der Waals surface area contributed by atoms with Crippen molar-refractivity contribution in [3.63, 3.8) is 0 Å². The smallest absolute Gasteiger partial charge is 0.0465 e. The second-order valence-corrected chi connectivity index (χ2v) is 5.34. The fourth-order valence-corrected chi connectivity index (χ4v) is 2.22. The lowest BCUT2D eigenvalue weighted by Crippen LogP contribution is -2.31. The molecule has 0 amide bonds. The highest BCUT2D eigenvalue weighted by Crippen LogP contribution is 2.26. The minimum Gasteiger partial charge on any atom is -0.385 e. The molecule has 2 nitrogen and oxygen atoms in total. The lowest BCUT2D eigenvalue weighted by Gasteiger charge is -2.26. The Morgan fingerprint density at radius 1 is 1.11 bits per heavy atom. The summed E-state index contributed by atoms with van der Waals surface area (Å²) in [5, 5.41) is 3.56. The average molecular weight is 249 g/mol. The largest absolute Gasteiger partial charge is 0.385 e. The quantitative estimate of drug-likeness (QED) is 0.762. The number of nitrogens with one attached hydrogen (secondary N) is 1. The van der Waals surface area contributed by atoms with Crippen LogP contribution in [-0.4, -0.2) is 26.3 Å². The van der Waals surface area contributed by atoms with Crippen LogP contribution in [0.25, 0.3) is 0 Å². The monoisotopic (exact) mass is 249 g/mol. The summed E-state index contributed by atoms with van der Waals surface area (Å²) in [7, 11) is 1.77. The van der Waals surface area contributed by atoms with E-state index in [-0.39, 0.29) is 0 Å². The van der Waals surface area contributed by atoms with Gasteiger partial charge in [0.1, 0.15) is 0 Å². The molecule has 1 aromatic rings. The first-order valence-electron chi connectivity index (χ1n) is 6.92. The Kier molecular flexibility index (Phi) is 6.99. The molecule has 0 aliphatic carbocycles. The highest BCUT2D eigenvalue weighted by Gasteiger charge is 2.19. The fraction of sp³-hybridized carbons (Fsp3) is 0.625. The van der Waals surface area contributed by atoms with E-state index >= 15 is 0 Å². The SMILES string of the molecule is COCCC(C)C(CNC(C)C)c1ccccc1. The van der Waals surface area contributed by atoms with Crippen molar-refractivity contribution in [3.05, 3.63) is 35.9 Å². The van der Waals surface area contributed by atoms with Gasteiger partial charge in [0.15, 0.2) is 0 Å². The maximum absolute atomic E-state index is 5.20. The molecule has 0 fully saturated rings. The molecule has 2 atom stereocenters. The Labute approximate surface area is 112 Å². The lowest BCUT2D eigenvalue weighted by atomic mass is 9.85. The number of hydrogen-bond acceptors (Lipinski definition) is 2. The predicted octanol–water partition coefficient (Wildman–Crippen LogP) is 3.44. The van der Waals surface area contributed by atoms with Crippen molar-refractivity contribution in [3.8, 4) is 0 Å². The molecular formula is C16H27NO. The van der Waals surface area contributed by atoms with Crippen LogP contribution in [-0.2, 0) is 4.74 Å². The van der Waals surface area contributed by atoms with Crippen LogP contribution in [0.3, 0.4) is 0 Å². The molecule has 0 heterocycles. The average Bonchev–Trinajstić information content (AvgIpc) is 2.37. The summed E-state index contributed by atoms with van der Waals surface area (Å²) in [6.45, 7) is 8.58. The summed E-state index contributed by atoms with van der Waals surface area (Å²) in [4.78, 5) is 0. The summed E-state index contributed by atoms with van der Waals surface area (Å²) in [5.74, 6) is 1.18. The van der Waals surface area contributed by atoms with Gasteiger partial charge in [0.05, 0.1) is 0 Å². The number of ether oxygens (including phenoxy) is 1. The molecule has 1 rings (SSSR count). The standard InChI is InChI=1S/C16H27NO/c1-13(2)17-12-16(14(3)10-11-18-4)15-8-6-5-7-9-15/h5-9,13-14,16-17H,10-12H2,1-4H3. The molecule has 0 bridgehead atoms. The molecule has 2 unspecified atom stereocenters. The third-order valence-electron chi connectivity index (χ3n) is 3.44. The van der Waals surface area contributed by atoms with Crippen molar-refractivity contribution in [2.75, 3.05) is 20.3 Å². The van der Waals surface area contributed by atoms with Crippen LogP contribution in [0.15, 0.2) is 30.3 Å². The van der Waals surface area contributed by atoms with Gasteiger partial charge in [-0.05, 0) is 23.8 Å². The van der Waals surface area contributed by atoms with Crippen LogP contribution < -0.4 is 5.32 Å². The molecule has 0 saturated heterocycles. The van der Waals surface area contributed by atoms with E-state index in [1.807, 2.05) is 0 Å². The first-order chi connectivity index (χ1) is 8.65. The molecule has 1 N–H and O–H groups in total. The first-order valence-corrected chi connectivity index (χ1v) is 6.92. The molecule has 102 valence electrons. The van der Waals surface area contributed by atoms with Crippen molar-refractivity contribution in [2.24, 2.45) is 5.92 Å². The topological polar surface area (TPSA) is 21.3 Å². The van der Waals surface area contributed by atoms with Crippen LogP contribution in [0, 0.1) is 5.92 Å². The molecule has 0 aliphatic heterocycles. The van der Waals surface area contributed by atoms with Crippen LogP contribution in [0.2, 0.25) is 0 Å². The van der Waals surface area contributed by atoms with Gasteiger partial charge in [0.25, 0.3) is 0 Å². The van der Waals surface area contributed by atoms with Gasteiger partial charge in [-0.15, -0.1) is 0 Å². The maximum atomic E-state index is 5.20. The summed E-state index contributed by atoms with van der Waals surface area (Å²) in [5.41, 5.74) is 1.43. The summed E-state index contributed by atoms with van der Waals surface area (Å²) >= 11 is 0.